The van der Waals surface area contributed by atoms with Crippen LogP contribution in [0.5, 0.6) is 5.75 Å². The fourth-order valence-electron chi connectivity index (χ4n) is 6.11. The molecule has 2 aliphatic heterocycles. The zero-order valence-corrected chi connectivity index (χ0v) is 27.1. The molecular formula is C34H44ClN3O6. The van der Waals surface area contributed by atoms with Crippen molar-refractivity contribution in [2.75, 3.05) is 46.3 Å². The van der Waals surface area contributed by atoms with Gasteiger partial charge in [-0.05, 0) is 100 Å². The average molecular weight is 626 g/mol. The number of allylic oxidation sites excluding steroid dienone is 2. The predicted octanol–water partition coefficient (Wildman–Crippen LogP) is 5.69. The van der Waals surface area contributed by atoms with E-state index >= 15 is 0 Å². The van der Waals surface area contributed by atoms with E-state index in [1.165, 1.54) is 19.8 Å². The Morgan fingerprint density at radius 3 is 2.09 bits per heavy atom. The SMILES string of the molecule is COC(=O)C1=C(C)NC(C)=C(C(=O)OC)C1c1cccc(NC(=O)CCCCN2CCC(c3cccc(OC)c3)CC2)c1.Cl. The Balaban J connectivity index is 0.00000529. The second-order valence-electron chi connectivity index (χ2n) is 11.1. The van der Waals surface area contributed by atoms with Crippen LogP contribution in [0.1, 0.15) is 68.9 Å². The molecule has 0 spiro atoms. The van der Waals surface area contributed by atoms with Crippen LogP contribution in [-0.4, -0.2) is 63.7 Å². The van der Waals surface area contributed by atoms with Gasteiger partial charge in [0.15, 0.2) is 0 Å². The van der Waals surface area contributed by atoms with E-state index in [2.05, 4.69) is 33.7 Å². The number of nitrogens with one attached hydrogen (secondary N) is 2. The van der Waals surface area contributed by atoms with Crippen LogP contribution in [0.3, 0.4) is 0 Å². The van der Waals surface area contributed by atoms with Crippen LogP contribution < -0.4 is 15.4 Å². The number of likely N-dealkylation sites (tertiary alicyclic amines) is 1. The number of methoxy groups -OCH3 is 3. The van der Waals surface area contributed by atoms with Crippen molar-refractivity contribution in [3.8, 4) is 5.75 Å². The molecule has 238 valence electrons. The number of hydrogen-bond donors (Lipinski definition) is 2. The van der Waals surface area contributed by atoms with Gasteiger partial charge in [0.2, 0.25) is 5.91 Å². The van der Waals surface area contributed by atoms with Crippen molar-refractivity contribution in [1.29, 1.82) is 0 Å². The van der Waals surface area contributed by atoms with Gasteiger partial charge in [0, 0.05) is 23.5 Å². The predicted molar refractivity (Wildman–Crippen MR) is 173 cm³/mol. The van der Waals surface area contributed by atoms with Gasteiger partial charge in [-0.25, -0.2) is 9.59 Å². The molecule has 1 saturated heterocycles. The van der Waals surface area contributed by atoms with Crippen LogP contribution in [0, 0.1) is 0 Å². The van der Waals surface area contributed by atoms with E-state index in [1.807, 2.05) is 12.1 Å². The van der Waals surface area contributed by atoms with E-state index in [4.69, 9.17) is 14.2 Å². The van der Waals surface area contributed by atoms with Gasteiger partial charge in [-0.1, -0.05) is 24.3 Å². The third-order valence-corrected chi connectivity index (χ3v) is 8.36. The number of anilines is 1. The summed E-state index contributed by atoms with van der Waals surface area (Å²) in [5, 5.41) is 6.09. The molecule has 0 bridgehead atoms. The molecule has 0 aromatic heterocycles. The third kappa shape index (κ3) is 8.42. The van der Waals surface area contributed by atoms with Crippen LogP contribution in [-0.2, 0) is 23.9 Å². The number of nitrogens with zero attached hydrogens (tertiary/aromatic N) is 1. The lowest BCUT2D eigenvalue weighted by Gasteiger charge is -2.32. The van der Waals surface area contributed by atoms with Gasteiger partial charge >= 0.3 is 11.9 Å². The molecule has 0 radical (unpaired) electrons. The molecule has 0 unspecified atom stereocenters. The first-order valence-electron chi connectivity index (χ1n) is 14.9. The Morgan fingerprint density at radius 2 is 1.48 bits per heavy atom. The molecule has 44 heavy (non-hydrogen) atoms. The van der Waals surface area contributed by atoms with Crippen molar-refractivity contribution < 1.29 is 28.6 Å². The number of piperidine rings is 1. The Labute approximate surface area is 266 Å². The van der Waals surface area contributed by atoms with Crippen LogP contribution in [0.2, 0.25) is 0 Å². The van der Waals surface area contributed by atoms with Crippen molar-refractivity contribution in [1.82, 2.24) is 10.2 Å². The summed E-state index contributed by atoms with van der Waals surface area (Å²) in [6.45, 7) is 6.63. The van der Waals surface area contributed by atoms with E-state index < -0.39 is 17.9 Å². The smallest absolute Gasteiger partial charge is 0.336 e. The topological polar surface area (TPSA) is 106 Å². The van der Waals surface area contributed by atoms with Crippen molar-refractivity contribution in [3.05, 3.63) is 82.2 Å². The molecule has 10 heteroatoms. The Hall–Kier alpha value is -3.82. The minimum atomic E-state index is -0.703. The van der Waals surface area contributed by atoms with E-state index in [9.17, 15) is 14.4 Å². The minimum Gasteiger partial charge on any atom is -0.497 e. The number of carbonyl (C=O) groups excluding carboxylic acids is 3. The second kappa shape index (κ2) is 16.3. The van der Waals surface area contributed by atoms with Gasteiger partial charge in [0.05, 0.1) is 38.4 Å². The molecule has 4 rings (SSSR count). The van der Waals surface area contributed by atoms with Gasteiger partial charge in [0.25, 0.3) is 0 Å². The lowest BCUT2D eigenvalue weighted by molar-refractivity contribution is -0.137. The van der Waals surface area contributed by atoms with Gasteiger partial charge in [-0.3, -0.25) is 4.79 Å². The van der Waals surface area contributed by atoms with Crippen molar-refractivity contribution >= 4 is 35.9 Å². The molecule has 2 heterocycles. The third-order valence-electron chi connectivity index (χ3n) is 8.36. The number of unbranched alkanes of at least 4 members (excludes halogenated alkanes) is 1. The quantitative estimate of drug-likeness (QED) is 0.243. The van der Waals surface area contributed by atoms with Gasteiger partial charge in [-0.15, -0.1) is 12.4 Å². The van der Waals surface area contributed by atoms with Crippen molar-refractivity contribution in [2.24, 2.45) is 0 Å². The first kappa shape index (κ1) is 34.7. The summed E-state index contributed by atoms with van der Waals surface area (Å²) in [7, 11) is 4.32. The number of ether oxygens (including phenoxy) is 3. The van der Waals surface area contributed by atoms with Crippen LogP contribution in [0.15, 0.2) is 71.1 Å². The Bertz CT molecular complexity index is 1360. The fourth-order valence-corrected chi connectivity index (χ4v) is 6.11. The van der Waals surface area contributed by atoms with Gasteiger partial charge in [0.1, 0.15) is 5.75 Å². The molecule has 1 fully saturated rings. The molecule has 2 aliphatic rings. The largest absolute Gasteiger partial charge is 0.497 e. The number of rotatable bonds is 11. The first-order chi connectivity index (χ1) is 20.7. The number of carbonyl (C=O) groups is 3. The standard InChI is InChI=1S/C34H43N3O6.ClH/c1-22-30(33(39)42-4)32(31(23(2)35-22)34(40)43-5)26-11-8-12-27(20-26)36-29(38)14-6-7-17-37-18-15-24(16-19-37)25-10-9-13-28(21-25)41-3;/h8-13,20-21,24,32,35H,6-7,14-19H2,1-5H3,(H,36,38);1H. The number of amides is 1. The number of halogens is 1. The monoisotopic (exact) mass is 625 g/mol. The first-order valence-corrected chi connectivity index (χ1v) is 14.9. The maximum Gasteiger partial charge on any atom is 0.336 e. The highest BCUT2D eigenvalue weighted by atomic mass is 35.5. The number of esters is 2. The Morgan fingerprint density at radius 1 is 0.864 bits per heavy atom. The second-order valence-corrected chi connectivity index (χ2v) is 11.1. The van der Waals surface area contributed by atoms with E-state index in [1.54, 1.807) is 39.2 Å². The summed E-state index contributed by atoms with van der Waals surface area (Å²) in [5.41, 5.74) is 4.47. The minimum absolute atomic E-state index is 0. The number of dihydropyridines is 1. The van der Waals surface area contributed by atoms with Gasteiger partial charge < -0.3 is 29.7 Å². The van der Waals surface area contributed by atoms with E-state index in [0.717, 1.165) is 51.1 Å². The lowest BCUT2D eigenvalue weighted by atomic mass is 9.80. The molecular weight excluding hydrogens is 582 g/mol. The highest BCUT2D eigenvalue weighted by Gasteiger charge is 2.37. The molecule has 0 saturated carbocycles. The normalized spacial score (nSPS) is 16.1. The summed E-state index contributed by atoms with van der Waals surface area (Å²) in [5.74, 6) is -0.383. The number of benzene rings is 2. The molecule has 2 aromatic carbocycles. The maximum atomic E-state index is 12.8. The maximum absolute atomic E-state index is 12.8. The number of hydrogen-bond acceptors (Lipinski definition) is 8. The van der Waals surface area contributed by atoms with E-state index in [0.29, 0.717) is 46.1 Å². The highest BCUT2D eigenvalue weighted by molar-refractivity contribution is 6.00. The van der Waals surface area contributed by atoms with Crippen LogP contribution in [0.4, 0.5) is 5.69 Å². The molecule has 2 N–H and O–H groups in total. The summed E-state index contributed by atoms with van der Waals surface area (Å²) in [4.78, 5) is 40.9. The zero-order valence-electron chi connectivity index (χ0n) is 26.2. The van der Waals surface area contributed by atoms with Crippen LogP contribution in [0.25, 0.3) is 0 Å². The Kier molecular flexibility index (Phi) is 12.8. The lowest BCUT2D eigenvalue weighted by Crippen LogP contribution is -2.33. The molecule has 0 atom stereocenters. The zero-order chi connectivity index (χ0) is 30.9. The summed E-state index contributed by atoms with van der Waals surface area (Å²) in [6.07, 6.45) is 4.40. The summed E-state index contributed by atoms with van der Waals surface area (Å²) < 4.78 is 15.5. The van der Waals surface area contributed by atoms with Crippen molar-refractivity contribution in [2.45, 2.75) is 57.8 Å². The summed E-state index contributed by atoms with van der Waals surface area (Å²) in [6, 6.07) is 15.6. The van der Waals surface area contributed by atoms with E-state index in [-0.39, 0.29) is 18.3 Å². The highest BCUT2D eigenvalue weighted by Crippen LogP contribution is 2.40. The average Bonchev–Trinajstić information content (AvgIpc) is 3.02. The fraction of sp³-hybridized carbons (Fsp3) is 0.441. The summed E-state index contributed by atoms with van der Waals surface area (Å²) >= 11 is 0. The van der Waals surface area contributed by atoms with Crippen molar-refractivity contribution in [3.63, 3.8) is 0 Å². The van der Waals surface area contributed by atoms with Crippen LogP contribution >= 0.6 is 12.4 Å². The molecule has 0 aliphatic carbocycles. The molecule has 1 amide bonds. The molecule has 9 nitrogen and oxygen atoms in total. The molecule has 2 aromatic rings. The van der Waals surface area contributed by atoms with Gasteiger partial charge in [-0.2, -0.15) is 0 Å².